The Bertz CT molecular complexity index is 948. The number of hydrogen-bond acceptors (Lipinski definition) is 4. The number of anilines is 1. The van der Waals surface area contributed by atoms with Crippen molar-refractivity contribution in [3.63, 3.8) is 0 Å². The molecule has 3 aliphatic rings. The van der Waals surface area contributed by atoms with Gasteiger partial charge in [0.2, 0.25) is 11.8 Å². The van der Waals surface area contributed by atoms with Crippen molar-refractivity contribution < 1.29 is 14.4 Å². The van der Waals surface area contributed by atoms with Gasteiger partial charge in [-0.15, -0.1) is 0 Å². The number of para-hydroxylation sites is 1. The van der Waals surface area contributed by atoms with Crippen LogP contribution in [0.5, 0.6) is 0 Å². The molecule has 1 aromatic rings. The smallest absolute Gasteiger partial charge is 0.236 e. The Morgan fingerprint density at radius 2 is 1.52 bits per heavy atom. The van der Waals surface area contributed by atoms with E-state index in [0.717, 1.165) is 16.8 Å². The van der Waals surface area contributed by atoms with Gasteiger partial charge in [0.25, 0.3) is 0 Å². The summed E-state index contributed by atoms with van der Waals surface area (Å²) in [5.74, 6) is -1.53. The summed E-state index contributed by atoms with van der Waals surface area (Å²) in [7, 11) is 0. The fraction of sp³-hybridized carbons (Fsp3) is 0.542. The molecule has 5 heteroatoms. The summed E-state index contributed by atoms with van der Waals surface area (Å²) >= 11 is 0. The van der Waals surface area contributed by atoms with Crippen LogP contribution in [0.4, 0.5) is 5.69 Å². The predicted molar refractivity (Wildman–Crippen MR) is 113 cm³/mol. The minimum absolute atomic E-state index is 0.00895. The highest BCUT2D eigenvalue weighted by molar-refractivity contribution is 6.12. The van der Waals surface area contributed by atoms with Gasteiger partial charge in [-0.05, 0) is 39.3 Å². The molecular formula is C24H30N2O3. The van der Waals surface area contributed by atoms with Gasteiger partial charge in [0.1, 0.15) is 6.04 Å². The molecule has 2 saturated heterocycles. The molecule has 4 rings (SSSR count). The van der Waals surface area contributed by atoms with Gasteiger partial charge in [-0.2, -0.15) is 0 Å². The maximum atomic E-state index is 13.6. The Kier molecular flexibility index (Phi) is 4.14. The molecule has 0 aliphatic carbocycles. The van der Waals surface area contributed by atoms with Crippen LogP contribution in [0.3, 0.4) is 0 Å². The van der Waals surface area contributed by atoms with Gasteiger partial charge in [-0.1, -0.05) is 45.0 Å². The molecule has 29 heavy (non-hydrogen) atoms. The van der Waals surface area contributed by atoms with Gasteiger partial charge in [-0.25, -0.2) is 0 Å². The lowest BCUT2D eigenvalue weighted by Gasteiger charge is -2.40. The van der Waals surface area contributed by atoms with E-state index in [2.05, 4.69) is 11.0 Å². The van der Waals surface area contributed by atoms with Crippen molar-refractivity contribution in [2.45, 2.75) is 66.1 Å². The monoisotopic (exact) mass is 394 g/mol. The fourth-order valence-electron chi connectivity index (χ4n) is 5.20. The van der Waals surface area contributed by atoms with E-state index in [1.54, 1.807) is 0 Å². The Morgan fingerprint density at radius 1 is 0.931 bits per heavy atom. The number of nitrogens with zero attached hydrogens (tertiary/aromatic N) is 2. The summed E-state index contributed by atoms with van der Waals surface area (Å²) in [6.07, 6.45) is 2.08. The molecule has 3 heterocycles. The zero-order chi connectivity index (χ0) is 21.5. The molecule has 3 aliphatic heterocycles. The van der Waals surface area contributed by atoms with Crippen molar-refractivity contribution in [1.29, 1.82) is 0 Å². The molecule has 1 aromatic carbocycles. The van der Waals surface area contributed by atoms with Crippen LogP contribution in [0.1, 0.15) is 54.0 Å². The van der Waals surface area contributed by atoms with Gasteiger partial charge in [0.05, 0.1) is 17.9 Å². The van der Waals surface area contributed by atoms with Crippen LogP contribution in [0.15, 0.2) is 30.3 Å². The standard InChI is InChI=1S/C24H30N2O3/c1-13-12-16-17-18(22(29)26(21(17)28)24(5,6)7)19(20(27)23(2,3)4)25(16)15-11-9-8-10-14(13)15/h8-12,16-19H,1-7H3/t16-,17+,18-,19+/m0/s1. The SMILES string of the molecule is CC1=C[C@H]2[C@H]3C(=O)N(C(C)(C)C)C(=O)[C@@H]3[C@H](C(=O)C(C)(C)C)N2c2ccccc21. The number of carbonyl (C=O) groups is 3. The molecule has 0 unspecified atom stereocenters. The second-order valence-electron chi connectivity index (χ2n) is 10.6. The van der Waals surface area contributed by atoms with Gasteiger partial charge >= 0.3 is 0 Å². The van der Waals surface area contributed by atoms with Crippen molar-refractivity contribution in [2.75, 3.05) is 4.90 Å². The quantitative estimate of drug-likeness (QED) is 0.682. The van der Waals surface area contributed by atoms with Crippen LogP contribution in [0.2, 0.25) is 0 Å². The molecule has 0 saturated carbocycles. The topological polar surface area (TPSA) is 57.7 Å². The normalized spacial score (nSPS) is 28.9. The number of amides is 2. The van der Waals surface area contributed by atoms with Crippen LogP contribution in [-0.4, -0.2) is 40.1 Å². The summed E-state index contributed by atoms with van der Waals surface area (Å²) in [6, 6.07) is 7.04. The molecule has 5 nitrogen and oxygen atoms in total. The first-order valence-corrected chi connectivity index (χ1v) is 10.3. The number of carbonyl (C=O) groups excluding carboxylic acids is 3. The van der Waals surface area contributed by atoms with E-state index in [9.17, 15) is 14.4 Å². The number of imide groups is 1. The van der Waals surface area contributed by atoms with Crippen LogP contribution < -0.4 is 4.90 Å². The third-order valence-corrected chi connectivity index (χ3v) is 6.43. The van der Waals surface area contributed by atoms with Crippen LogP contribution in [0.25, 0.3) is 5.57 Å². The lowest BCUT2D eigenvalue weighted by molar-refractivity contribution is -0.146. The van der Waals surface area contributed by atoms with Gasteiger partial charge in [0, 0.05) is 22.2 Å². The Balaban J connectivity index is 1.93. The zero-order valence-corrected chi connectivity index (χ0v) is 18.3. The molecule has 0 radical (unpaired) electrons. The summed E-state index contributed by atoms with van der Waals surface area (Å²) in [5.41, 5.74) is 1.86. The first kappa shape index (κ1) is 19.9. The van der Waals surface area contributed by atoms with Crippen molar-refractivity contribution >= 4 is 28.9 Å². The van der Waals surface area contributed by atoms with E-state index >= 15 is 0 Å². The summed E-state index contributed by atoms with van der Waals surface area (Å²) in [6.45, 7) is 13.3. The molecule has 2 fully saturated rings. The van der Waals surface area contributed by atoms with E-state index < -0.39 is 28.8 Å². The van der Waals surface area contributed by atoms with Crippen LogP contribution in [0, 0.1) is 17.3 Å². The van der Waals surface area contributed by atoms with Crippen LogP contribution in [-0.2, 0) is 14.4 Å². The number of likely N-dealkylation sites (tertiary alicyclic amines) is 1. The number of allylic oxidation sites excluding steroid dienone is 1. The molecule has 4 atom stereocenters. The van der Waals surface area contributed by atoms with Crippen LogP contribution >= 0.6 is 0 Å². The summed E-state index contributed by atoms with van der Waals surface area (Å²) in [4.78, 5) is 44.1. The Hall–Kier alpha value is -2.43. The van der Waals surface area contributed by atoms with Crippen molar-refractivity contribution in [1.82, 2.24) is 4.90 Å². The maximum absolute atomic E-state index is 13.6. The molecule has 2 amide bonds. The molecular weight excluding hydrogens is 364 g/mol. The minimum Gasteiger partial charge on any atom is -0.353 e. The number of rotatable bonds is 1. The van der Waals surface area contributed by atoms with Crippen molar-refractivity contribution in [2.24, 2.45) is 17.3 Å². The van der Waals surface area contributed by atoms with Gasteiger partial charge in [-0.3, -0.25) is 19.3 Å². The molecule has 0 N–H and O–H groups in total. The first-order valence-electron chi connectivity index (χ1n) is 10.3. The highest BCUT2D eigenvalue weighted by Gasteiger charge is 2.66. The number of benzene rings is 1. The largest absolute Gasteiger partial charge is 0.353 e. The molecule has 0 spiro atoms. The highest BCUT2D eigenvalue weighted by Crippen LogP contribution is 2.51. The number of Topliss-reactive ketones (excluding diaryl/α,β-unsaturated/α-hetero) is 1. The number of ketones is 1. The third kappa shape index (κ3) is 2.70. The lowest BCUT2D eigenvalue weighted by atomic mass is 9.79. The summed E-state index contributed by atoms with van der Waals surface area (Å²) in [5, 5.41) is 0. The molecule has 0 bridgehead atoms. The lowest BCUT2D eigenvalue weighted by Crippen LogP contribution is -2.54. The van der Waals surface area contributed by atoms with E-state index in [0.29, 0.717) is 0 Å². The van der Waals surface area contributed by atoms with Crippen molar-refractivity contribution in [3.8, 4) is 0 Å². The Morgan fingerprint density at radius 3 is 2.10 bits per heavy atom. The van der Waals surface area contributed by atoms with E-state index in [4.69, 9.17) is 0 Å². The third-order valence-electron chi connectivity index (χ3n) is 6.43. The maximum Gasteiger partial charge on any atom is 0.236 e. The van der Waals surface area contributed by atoms with Crippen molar-refractivity contribution in [3.05, 3.63) is 35.9 Å². The van der Waals surface area contributed by atoms with Gasteiger partial charge in [0.15, 0.2) is 5.78 Å². The average molecular weight is 395 g/mol. The second-order valence-corrected chi connectivity index (χ2v) is 10.6. The zero-order valence-electron chi connectivity index (χ0n) is 18.3. The van der Waals surface area contributed by atoms with Gasteiger partial charge < -0.3 is 4.90 Å². The molecule has 154 valence electrons. The molecule has 0 aromatic heterocycles. The predicted octanol–water partition coefficient (Wildman–Crippen LogP) is 3.68. The fourth-order valence-corrected chi connectivity index (χ4v) is 5.20. The second kappa shape index (κ2) is 6.04. The highest BCUT2D eigenvalue weighted by atomic mass is 16.2. The van der Waals surface area contributed by atoms with E-state index in [1.807, 2.05) is 72.7 Å². The Labute approximate surface area is 172 Å². The minimum atomic E-state index is -0.645. The number of hydrogen-bond donors (Lipinski definition) is 0. The van der Waals surface area contributed by atoms with E-state index in [-0.39, 0.29) is 23.6 Å². The summed E-state index contributed by atoms with van der Waals surface area (Å²) < 4.78 is 0. The average Bonchev–Trinajstić information content (AvgIpc) is 3.07. The van der Waals surface area contributed by atoms with E-state index in [1.165, 1.54) is 4.90 Å². The number of fused-ring (bicyclic) bond motifs is 5. The first-order chi connectivity index (χ1) is 13.4.